The molecule has 1 aliphatic heterocycles. The number of hydrogen-bond donors (Lipinski definition) is 2. The van der Waals surface area contributed by atoms with Crippen LogP contribution in [0.1, 0.15) is 5.56 Å². The molecule has 0 aromatic heterocycles. The molecule has 1 aromatic carbocycles. The van der Waals surface area contributed by atoms with E-state index in [4.69, 9.17) is 0 Å². The van der Waals surface area contributed by atoms with E-state index in [9.17, 15) is 19.5 Å². The number of nitrogens with zero attached hydrogens (tertiary/aromatic N) is 1. The van der Waals surface area contributed by atoms with Gasteiger partial charge >= 0.3 is 6.03 Å². The summed E-state index contributed by atoms with van der Waals surface area (Å²) in [5.41, 5.74) is 0.423. The average molecular weight is 272 g/mol. The first-order valence-electron chi connectivity index (χ1n) is 5.81. The number of carbonyl (C=O) groups excluding carboxylic acids is 3. The van der Waals surface area contributed by atoms with Gasteiger partial charge in [-0.05, 0) is 23.8 Å². The van der Waals surface area contributed by atoms with Crippen molar-refractivity contribution in [3.05, 3.63) is 48.1 Å². The first kappa shape index (κ1) is 13.5. The summed E-state index contributed by atoms with van der Waals surface area (Å²) in [7, 11) is 0. The van der Waals surface area contributed by atoms with Crippen LogP contribution in [-0.4, -0.2) is 34.4 Å². The van der Waals surface area contributed by atoms with Crippen molar-refractivity contribution in [3.63, 3.8) is 0 Å². The van der Waals surface area contributed by atoms with Gasteiger partial charge in [0.2, 0.25) is 0 Å². The first-order valence-corrected chi connectivity index (χ1v) is 5.81. The van der Waals surface area contributed by atoms with Crippen molar-refractivity contribution >= 4 is 23.9 Å². The van der Waals surface area contributed by atoms with E-state index < -0.39 is 17.8 Å². The Labute approximate surface area is 115 Å². The maximum absolute atomic E-state index is 12.1. The molecule has 0 bridgehead atoms. The number of hydrogen-bond acceptors (Lipinski definition) is 4. The fourth-order valence-electron chi connectivity index (χ4n) is 1.73. The number of carbonyl (C=O) groups is 3. The third-order valence-electron chi connectivity index (χ3n) is 2.70. The van der Waals surface area contributed by atoms with E-state index >= 15 is 0 Å². The van der Waals surface area contributed by atoms with Gasteiger partial charge in [0.05, 0.1) is 0 Å². The molecule has 6 heteroatoms. The highest BCUT2D eigenvalue weighted by Crippen LogP contribution is 2.16. The standard InChI is InChI=1S/C14H12N2O4/c1-2-7-16-13(19)11(12(18)15-14(16)20)8-9-3-5-10(17)6-4-9/h2-6,8,17H,1,7H2,(H,15,18,20)/b11-8-. The van der Waals surface area contributed by atoms with Crippen molar-refractivity contribution in [3.8, 4) is 5.75 Å². The molecule has 2 rings (SSSR count). The molecule has 0 unspecified atom stereocenters. The Bertz CT molecular complexity index is 617. The van der Waals surface area contributed by atoms with Crippen LogP contribution in [0.2, 0.25) is 0 Å². The third kappa shape index (κ3) is 2.59. The summed E-state index contributed by atoms with van der Waals surface area (Å²) in [6.45, 7) is 3.47. The van der Waals surface area contributed by atoms with Crippen LogP contribution in [0.15, 0.2) is 42.5 Å². The number of amides is 4. The molecule has 4 amide bonds. The van der Waals surface area contributed by atoms with Crippen LogP contribution >= 0.6 is 0 Å². The fraction of sp³-hybridized carbons (Fsp3) is 0.0714. The van der Waals surface area contributed by atoms with E-state index in [2.05, 4.69) is 11.9 Å². The zero-order valence-electron chi connectivity index (χ0n) is 10.5. The second-order valence-corrected chi connectivity index (χ2v) is 4.11. The minimum atomic E-state index is -0.761. The highest BCUT2D eigenvalue weighted by Gasteiger charge is 2.34. The van der Waals surface area contributed by atoms with Crippen molar-refractivity contribution in [2.24, 2.45) is 0 Å². The maximum atomic E-state index is 12.1. The van der Waals surface area contributed by atoms with Gasteiger partial charge in [-0.1, -0.05) is 18.2 Å². The van der Waals surface area contributed by atoms with Crippen molar-refractivity contribution in [1.82, 2.24) is 10.2 Å². The van der Waals surface area contributed by atoms with E-state index in [-0.39, 0.29) is 17.9 Å². The van der Waals surface area contributed by atoms with Crippen molar-refractivity contribution < 1.29 is 19.5 Å². The number of phenols is 1. The zero-order chi connectivity index (χ0) is 14.7. The molecule has 102 valence electrons. The van der Waals surface area contributed by atoms with Gasteiger partial charge in [-0.15, -0.1) is 6.58 Å². The molecule has 6 nitrogen and oxygen atoms in total. The SMILES string of the molecule is C=CCN1C(=O)NC(=O)/C(=C/c2ccc(O)cc2)C1=O. The molecule has 1 heterocycles. The maximum Gasteiger partial charge on any atom is 0.331 e. The molecule has 1 aliphatic rings. The lowest BCUT2D eigenvalue weighted by atomic mass is 10.1. The molecule has 2 N–H and O–H groups in total. The molecule has 1 saturated heterocycles. The Hall–Kier alpha value is -2.89. The average Bonchev–Trinajstić information content (AvgIpc) is 2.41. The quantitative estimate of drug-likeness (QED) is 0.489. The number of imide groups is 2. The fourth-order valence-corrected chi connectivity index (χ4v) is 1.73. The van der Waals surface area contributed by atoms with Crippen molar-refractivity contribution in [2.45, 2.75) is 0 Å². The Morgan fingerprint density at radius 2 is 1.85 bits per heavy atom. The molecule has 1 aromatic rings. The van der Waals surface area contributed by atoms with Crippen LogP contribution in [0.4, 0.5) is 4.79 Å². The van der Waals surface area contributed by atoms with Crippen molar-refractivity contribution in [1.29, 1.82) is 0 Å². The summed E-state index contributed by atoms with van der Waals surface area (Å²) in [6.07, 6.45) is 2.76. The van der Waals surface area contributed by atoms with Crippen LogP contribution in [0.3, 0.4) is 0 Å². The lowest BCUT2D eigenvalue weighted by Crippen LogP contribution is -2.54. The van der Waals surface area contributed by atoms with Gasteiger partial charge in [0.1, 0.15) is 11.3 Å². The lowest BCUT2D eigenvalue weighted by molar-refractivity contribution is -0.129. The third-order valence-corrected chi connectivity index (χ3v) is 2.70. The number of nitrogens with one attached hydrogen (secondary N) is 1. The number of urea groups is 1. The normalized spacial score (nSPS) is 17.3. The van der Waals surface area contributed by atoms with Gasteiger partial charge in [0.25, 0.3) is 11.8 Å². The first-order chi connectivity index (χ1) is 9.52. The lowest BCUT2D eigenvalue weighted by Gasteiger charge is -2.25. The van der Waals surface area contributed by atoms with E-state index in [1.165, 1.54) is 24.3 Å². The Kier molecular flexibility index (Phi) is 3.65. The number of aromatic hydroxyl groups is 1. The van der Waals surface area contributed by atoms with E-state index in [0.717, 1.165) is 4.90 Å². The van der Waals surface area contributed by atoms with Gasteiger partial charge in [0.15, 0.2) is 0 Å². The highest BCUT2D eigenvalue weighted by molar-refractivity contribution is 6.31. The van der Waals surface area contributed by atoms with Gasteiger partial charge in [-0.2, -0.15) is 0 Å². The van der Waals surface area contributed by atoms with Crippen LogP contribution in [0.25, 0.3) is 6.08 Å². The minimum Gasteiger partial charge on any atom is -0.508 e. The van der Waals surface area contributed by atoms with Gasteiger partial charge in [0, 0.05) is 6.54 Å². The summed E-state index contributed by atoms with van der Waals surface area (Å²) in [5, 5.41) is 11.3. The van der Waals surface area contributed by atoms with Crippen LogP contribution in [-0.2, 0) is 9.59 Å². The number of benzene rings is 1. The molecular weight excluding hydrogens is 260 g/mol. The predicted octanol–water partition coefficient (Wildman–Crippen LogP) is 1.04. The number of phenolic OH excluding ortho intramolecular Hbond substituents is 1. The smallest absolute Gasteiger partial charge is 0.331 e. The second kappa shape index (κ2) is 5.40. The Morgan fingerprint density at radius 3 is 2.45 bits per heavy atom. The number of barbiturate groups is 1. The van der Waals surface area contributed by atoms with Crippen LogP contribution in [0.5, 0.6) is 5.75 Å². The van der Waals surface area contributed by atoms with Gasteiger partial charge in [-0.25, -0.2) is 4.79 Å². The molecule has 0 aliphatic carbocycles. The Balaban J connectivity index is 2.36. The van der Waals surface area contributed by atoms with Gasteiger partial charge in [-0.3, -0.25) is 19.8 Å². The second-order valence-electron chi connectivity index (χ2n) is 4.11. The molecular formula is C14H12N2O4. The zero-order valence-corrected chi connectivity index (χ0v) is 10.5. The summed E-state index contributed by atoms with van der Waals surface area (Å²) in [4.78, 5) is 36.2. The number of rotatable bonds is 3. The van der Waals surface area contributed by atoms with Crippen LogP contribution < -0.4 is 5.32 Å². The largest absolute Gasteiger partial charge is 0.508 e. The summed E-state index contributed by atoms with van der Waals surface area (Å²) >= 11 is 0. The predicted molar refractivity (Wildman–Crippen MR) is 71.5 cm³/mol. The van der Waals surface area contributed by atoms with Crippen molar-refractivity contribution in [2.75, 3.05) is 6.54 Å². The summed E-state index contributed by atoms with van der Waals surface area (Å²) < 4.78 is 0. The Morgan fingerprint density at radius 1 is 1.20 bits per heavy atom. The molecule has 0 saturated carbocycles. The topological polar surface area (TPSA) is 86.7 Å². The minimum absolute atomic E-state index is 0.0187. The summed E-state index contributed by atoms with van der Waals surface area (Å²) in [6, 6.07) is 5.21. The highest BCUT2D eigenvalue weighted by atomic mass is 16.3. The monoisotopic (exact) mass is 272 g/mol. The van der Waals surface area contributed by atoms with E-state index in [1.807, 2.05) is 0 Å². The van der Waals surface area contributed by atoms with Crippen LogP contribution in [0, 0.1) is 0 Å². The molecule has 0 atom stereocenters. The van der Waals surface area contributed by atoms with E-state index in [0.29, 0.717) is 5.56 Å². The molecule has 20 heavy (non-hydrogen) atoms. The summed E-state index contributed by atoms with van der Waals surface area (Å²) in [5.74, 6) is -1.34. The molecule has 0 radical (unpaired) electrons. The van der Waals surface area contributed by atoms with E-state index in [1.54, 1.807) is 12.1 Å². The van der Waals surface area contributed by atoms with Gasteiger partial charge < -0.3 is 5.11 Å². The molecule has 1 fully saturated rings. The molecule has 0 spiro atoms.